The van der Waals surface area contributed by atoms with E-state index >= 15 is 0 Å². The van der Waals surface area contributed by atoms with E-state index in [9.17, 15) is 10.1 Å². The lowest BCUT2D eigenvalue weighted by molar-refractivity contribution is -0.112. The average molecular weight is 467 g/mol. The predicted octanol–water partition coefficient (Wildman–Crippen LogP) is 7.23. The fourth-order valence-electron chi connectivity index (χ4n) is 3.83. The number of rotatable bonds is 6. The summed E-state index contributed by atoms with van der Waals surface area (Å²) in [5.41, 5.74) is 4.35. The molecule has 4 nitrogen and oxygen atoms in total. The summed E-state index contributed by atoms with van der Waals surface area (Å²) >= 11 is 5.98. The van der Waals surface area contributed by atoms with Crippen LogP contribution >= 0.6 is 11.6 Å². The maximum atomic E-state index is 13.0. The molecule has 0 unspecified atom stereocenters. The quantitative estimate of drug-likeness (QED) is 0.241. The minimum Gasteiger partial charge on any atom is -0.488 e. The van der Waals surface area contributed by atoms with Crippen molar-refractivity contribution in [3.05, 3.63) is 112 Å². The van der Waals surface area contributed by atoms with Crippen molar-refractivity contribution in [2.24, 2.45) is 0 Å². The zero-order valence-corrected chi connectivity index (χ0v) is 19.7. The highest BCUT2D eigenvalue weighted by Crippen LogP contribution is 2.31. The van der Waals surface area contributed by atoms with Crippen LogP contribution in [0.25, 0.3) is 16.8 Å². The lowest BCUT2D eigenvalue weighted by atomic mass is 10.0. The van der Waals surface area contributed by atoms with Gasteiger partial charge in [0.2, 0.25) is 0 Å². The molecule has 1 amide bonds. The van der Waals surface area contributed by atoms with Crippen LogP contribution in [0, 0.1) is 25.2 Å². The molecule has 5 heteroatoms. The molecule has 0 radical (unpaired) electrons. The van der Waals surface area contributed by atoms with E-state index < -0.39 is 5.91 Å². The SMILES string of the molecule is Cc1cc(C)cc(NC(=O)/C(C#N)=C/c2c(OCc3ccc(Cl)cc3)ccc3ccccc23)c1. The van der Waals surface area contributed by atoms with Gasteiger partial charge in [0.1, 0.15) is 24.0 Å². The van der Waals surface area contributed by atoms with Gasteiger partial charge in [0.05, 0.1) is 0 Å². The molecule has 0 bridgehead atoms. The minimum absolute atomic E-state index is 0.00754. The lowest BCUT2D eigenvalue weighted by Gasteiger charge is -2.13. The zero-order valence-electron chi connectivity index (χ0n) is 18.9. The number of fused-ring (bicyclic) bond motifs is 1. The fraction of sp³-hybridized carbons (Fsp3) is 0.103. The molecule has 34 heavy (non-hydrogen) atoms. The summed E-state index contributed by atoms with van der Waals surface area (Å²) in [5.74, 6) is 0.115. The van der Waals surface area contributed by atoms with Gasteiger partial charge in [-0.15, -0.1) is 0 Å². The molecule has 0 fully saturated rings. The van der Waals surface area contributed by atoms with Crippen molar-refractivity contribution in [1.29, 1.82) is 5.26 Å². The normalized spacial score (nSPS) is 11.2. The number of nitrogens with zero attached hydrogens (tertiary/aromatic N) is 1. The second-order valence-corrected chi connectivity index (χ2v) is 8.55. The second kappa shape index (κ2) is 10.2. The number of nitrogens with one attached hydrogen (secondary N) is 1. The highest BCUT2D eigenvalue weighted by Gasteiger charge is 2.14. The number of hydrogen-bond donors (Lipinski definition) is 1. The van der Waals surface area contributed by atoms with Gasteiger partial charge in [0.25, 0.3) is 5.91 Å². The van der Waals surface area contributed by atoms with Crippen LogP contribution in [0.1, 0.15) is 22.3 Å². The molecule has 0 heterocycles. The highest BCUT2D eigenvalue weighted by molar-refractivity contribution is 6.30. The van der Waals surface area contributed by atoms with Gasteiger partial charge in [-0.25, -0.2) is 0 Å². The molecule has 0 spiro atoms. The molecule has 0 aliphatic heterocycles. The number of ether oxygens (including phenoxy) is 1. The van der Waals surface area contributed by atoms with E-state index in [0.29, 0.717) is 28.6 Å². The molecule has 0 saturated carbocycles. The predicted molar refractivity (Wildman–Crippen MR) is 138 cm³/mol. The number of amides is 1. The summed E-state index contributed by atoms with van der Waals surface area (Å²) in [6.45, 7) is 4.25. The topological polar surface area (TPSA) is 62.1 Å². The molecule has 0 saturated heterocycles. The van der Waals surface area contributed by atoms with Crippen LogP contribution < -0.4 is 10.1 Å². The summed E-state index contributed by atoms with van der Waals surface area (Å²) in [7, 11) is 0. The molecular formula is C29H23ClN2O2. The van der Waals surface area contributed by atoms with Crippen LogP contribution in [-0.2, 0) is 11.4 Å². The molecule has 0 atom stereocenters. The van der Waals surface area contributed by atoms with Crippen LogP contribution in [0.2, 0.25) is 5.02 Å². The largest absolute Gasteiger partial charge is 0.488 e. The summed E-state index contributed by atoms with van der Waals surface area (Å²) in [6.07, 6.45) is 1.59. The maximum absolute atomic E-state index is 13.0. The Morgan fingerprint density at radius 2 is 1.71 bits per heavy atom. The van der Waals surface area contributed by atoms with Crippen LogP contribution in [-0.4, -0.2) is 5.91 Å². The van der Waals surface area contributed by atoms with E-state index in [1.54, 1.807) is 6.08 Å². The number of aryl methyl sites for hydroxylation is 2. The number of carbonyl (C=O) groups is 1. The van der Waals surface area contributed by atoms with E-state index in [2.05, 4.69) is 11.4 Å². The summed E-state index contributed by atoms with van der Waals surface area (Å²) in [4.78, 5) is 13.0. The van der Waals surface area contributed by atoms with E-state index in [4.69, 9.17) is 16.3 Å². The van der Waals surface area contributed by atoms with Gasteiger partial charge in [0, 0.05) is 16.3 Å². The minimum atomic E-state index is -0.468. The van der Waals surface area contributed by atoms with Crippen molar-refractivity contribution in [2.75, 3.05) is 5.32 Å². The van der Waals surface area contributed by atoms with Gasteiger partial charge in [-0.1, -0.05) is 60.1 Å². The summed E-state index contributed by atoms with van der Waals surface area (Å²) < 4.78 is 6.12. The van der Waals surface area contributed by atoms with E-state index in [1.165, 1.54) is 0 Å². The highest BCUT2D eigenvalue weighted by atomic mass is 35.5. The molecule has 1 N–H and O–H groups in total. The third-order valence-corrected chi connectivity index (χ3v) is 5.62. The van der Waals surface area contributed by atoms with Crippen LogP contribution in [0.15, 0.2) is 84.4 Å². The van der Waals surface area contributed by atoms with Crippen molar-refractivity contribution >= 4 is 40.0 Å². The number of halogens is 1. The maximum Gasteiger partial charge on any atom is 0.266 e. The Hall–Kier alpha value is -4.07. The second-order valence-electron chi connectivity index (χ2n) is 8.11. The van der Waals surface area contributed by atoms with Crippen molar-refractivity contribution in [1.82, 2.24) is 0 Å². The van der Waals surface area contributed by atoms with E-state index in [0.717, 1.165) is 27.5 Å². The Labute approximate surface area is 204 Å². The Bertz CT molecular complexity index is 1410. The Balaban J connectivity index is 1.69. The summed E-state index contributed by atoms with van der Waals surface area (Å²) in [5, 5.41) is 15.2. The van der Waals surface area contributed by atoms with E-state index in [1.807, 2.05) is 92.7 Å². The smallest absolute Gasteiger partial charge is 0.266 e. The van der Waals surface area contributed by atoms with Crippen molar-refractivity contribution in [2.45, 2.75) is 20.5 Å². The Morgan fingerprint density at radius 1 is 1.00 bits per heavy atom. The third kappa shape index (κ3) is 5.46. The first-order valence-corrected chi connectivity index (χ1v) is 11.2. The van der Waals surface area contributed by atoms with Gasteiger partial charge in [-0.2, -0.15) is 5.26 Å². The standard InChI is InChI=1S/C29H23ClN2O2/c1-19-13-20(2)15-25(14-19)32-29(33)23(17-31)16-27-26-6-4-3-5-22(26)9-12-28(27)34-18-21-7-10-24(30)11-8-21/h3-16H,18H2,1-2H3,(H,32,33)/b23-16+. The molecule has 4 rings (SSSR count). The fourth-order valence-corrected chi connectivity index (χ4v) is 3.96. The number of carbonyl (C=O) groups excluding carboxylic acids is 1. The number of benzene rings is 4. The van der Waals surface area contributed by atoms with Gasteiger partial charge in [0.15, 0.2) is 0 Å². The molecular weight excluding hydrogens is 444 g/mol. The van der Waals surface area contributed by atoms with Gasteiger partial charge in [-0.05, 0) is 77.7 Å². The first-order chi connectivity index (χ1) is 16.4. The van der Waals surface area contributed by atoms with Gasteiger partial charge < -0.3 is 10.1 Å². The summed E-state index contributed by atoms with van der Waals surface area (Å²) in [6, 6.07) is 26.9. The molecule has 4 aromatic carbocycles. The number of hydrogen-bond acceptors (Lipinski definition) is 3. The van der Waals surface area contributed by atoms with Crippen molar-refractivity contribution in [3.8, 4) is 11.8 Å². The van der Waals surface area contributed by atoms with Crippen molar-refractivity contribution in [3.63, 3.8) is 0 Å². The van der Waals surface area contributed by atoms with E-state index in [-0.39, 0.29) is 5.57 Å². The monoisotopic (exact) mass is 466 g/mol. The van der Waals surface area contributed by atoms with Crippen LogP contribution in [0.4, 0.5) is 5.69 Å². The molecule has 0 aliphatic carbocycles. The molecule has 0 aliphatic rings. The lowest BCUT2D eigenvalue weighted by Crippen LogP contribution is -2.13. The number of anilines is 1. The number of nitriles is 1. The molecule has 168 valence electrons. The van der Waals surface area contributed by atoms with Gasteiger partial charge in [-0.3, -0.25) is 4.79 Å². The van der Waals surface area contributed by atoms with Crippen LogP contribution in [0.5, 0.6) is 5.75 Å². The van der Waals surface area contributed by atoms with Crippen molar-refractivity contribution < 1.29 is 9.53 Å². The first-order valence-electron chi connectivity index (χ1n) is 10.8. The third-order valence-electron chi connectivity index (χ3n) is 5.37. The molecule has 4 aromatic rings. The average Bonchev–Trinajstić information content (AvgIpc) is 2.81. The van der Waals surface area contributed by atoms with Gasteiger partial charge >= 0.3 is 0 Å². The van der Waals surface area contributed by atoms with Crippen LogP contribution in [0.3, 0.4) is 0 Å². The zero-order chi connectivity index (χ0) is 24.1. The molecule has 0 aromatic heterocycles. The Kier molecular flexibility index (Phi) is 6.96. The Morgan fingerprint density at radius 3 is 2.41 bits per heavy atom. The first kappa shape index (κ1) is 23.1.